The van der Waals surface area contributed by atoms with Gasteiger partial charge in [-0.1, -0.05) is 30.3 Å². The monoisotopic (exact) mass is 408 g/mol. The Morgan fingerprint density at radius 1 is 1.14 bits per heavy atom. The van der Waals surface area contributed by atoms with E-state index in [0.29, 0.717) is 17.4 Å². The quantitative estimate of drug-likeness (QED) is 0.590. The number of hydrogen-bond donors (Lipinski definition) is 1. The maximum atomic E-state index is 12.7. The average molecular weight is 409 g/mol. The van der Waals surface area contributed by atoms with Gasteiger partial charge in [0.25, 0.3) is 0 Å². The second-order valence-corrected chi connectivity index (χ2v) is 8.04. The number of amides is 1. The van der Waals surface area contributed by atoms with Gasteiger partial charge in [0.2, 0.25) is 5.91 Å². The number of methoxy groups -OCH3 is 2. The maximum Gasteiger partial charge on any atom is 0.226 e. The van der Waals surface area contributed by atoms with Crippen molar-refractivity contribution in [3.05, 3.63) is 65.2 Å². The van der Waals surface area contributed by atoms with Gasteiger partial charge in [0.05, 0.1) is 32.4 Å². The number of carbonyl (C=O) groups is 1. The lowest BCUT2D eigenvalue weighted by atomic mass is 10.0. The van der Waals surface area contributed by atoms with Crippen molar-refractivity contribution in [1.29, 1.82) is 0 Å². The Bertz CT molecular complexity index is 983. The molecular formula is C23H24N2O3S. The third-order valence-electron chi connectivity index (χ3n) is 5.09. The first-order valence-corrected chi connectivity index (χ1v) is 10.6. The minimum atomic E-state index is 0.00918. The van der Waals surface area contributed by atoms with Gasteiger partial charge in [-0.3, -0.25) is 4.79 Å². The van der Waals surface area contributed by atoms with Crippen LogP contribution >= 0.6 is 11.3 Å². The van der Waals surface area contributed by atoms with Crippen molar-refractivity contribution >= 4 is 17.2 Å². The Morgan fingerprint density at radius 2 is 1.90 bits per heavy atom. The minimum Gasteiger partial charge on any atom is -0.493 e. The van der Waals surface area contributed by atoms with Crippen molar-refractivity contribution in [2.45, 2.75) is 25.3 Å². The summed E-state index contributed by atoms with van der Waals surface area (Å²) in [5.41, 5.74) is 2.90. The highest BCUT2D eigenvalue weighted by Crippen LogP contribution is 2.41. The molecule has 5 nitrogen and oxygen atoms in total. The second-order valence-electron chi connectivity index (χ2n) is 7.18. The van der Waals surface area contributed by atoms with Crippen LogP contribution in [0.1, 0.15) is 30.1 Å². The molecule has 29 heavy (non-hydrogen) atoms. The van der Waals surface area contributed by atoms with Gasteiger partial charge in [0, 0.05) is 10.9 Å². The molecule has 1 aliphatic rings. The van der Waals surface area contributed by atoms with Gasteiger partial charge in [0.1, 0.15) is 5.01 Å². The van der Waals surface area contributed by atoms with Crippen LogP contribution in [0.2, 0.25) is 0 Å². The number of carbonyl (C=O) groups excluding carboxylic acids is 1. The molecule has 0 radical (unpaired) electrons. The summed E-state index contributed by atoms with van der Waals surface area (Å²) in [6.45, 7) is 0. The molecule has 0 bridgehead atoms. The highest BCUT2D eigenvalue weighted by Gasteiger charge is 2.33. The highest BCUT2D eigenvalue weighted by molar-refractivity contribution is 7.13. The molecule has 150 valence electrons. The number of nitrogens with one attached hydrogen (secondary N) is 1. The van der Waals surface area contributed by atoms with Crippen LogP contribution in [0.15, 0.2) is 53.9 Å². The molecule has 0 spiro atoms. The van der Waals surface area contributed by atoms with Crippen molar-refractivity contribution in [1.82, 2.24) is 10.3 Å². The van der Waals surface area contributed by atoms with E-state index in [1.165, 1.54) is 29.7 Å². The first-order valence-electron chi connectivity index (χ1n) is 9.69. The van der Waals surface area contributed by atoms with Gasteiger partial charge < -0.3 is 14.8 Å². The molecule has 6 heteroatoms. The Labute approximate surface area is 174 Å². The molecule has 4 rings (SSSR count). The Hall–Kier alpha value is -2.86. The Morgan fingerprint density at radius 3 is 2.59 bits per heavy atom. The van der Waals surface area contributed by atoms with Crippen LogP contribution in [-0.2, 0) is 11.2 Å². The predicted octanol–water partition coefficient (Wildman–Crippen LogP) is 4.64. The molecule has 1 atom stereocenters. The number of aromatic nitrogens is 1. The Balaban J connectivity index is 1.44. The number of benzene rings is 2. The minimum absolute atomic E-state index is 0.00918. The topological polar surface area (TPSA) is 60.5 Å². The molecule has 0 saturated heterocycles. The molecule has 1 amide bonds. The van der Waals surface area contributed by atoms with E-state index < -0.39 is 0 Å². The number of ether oxygens (including phenoxy) is 2. The maximum absolute atomic E-state index is 12.7. The van der Waals surface area contributed by atoms with Crippen LogP contribution in [0, 0.1) is 5.92 Å². The standard InChI is InChI=1S/C23H24N2O3S/c1-27-19-11-10-17(12-20(19)28-2)23-24-18(14-29-23)13-21(26)25-22(16-8-9-16)15-6-4-3-5-7-15/h3-7,10-12,14,16,22H,8-9,13H2,1-2H3,(H,25,26). The number of nitrogens with zero attached hydrogens (tertiary/aromatic N) is 1. The van der Waals surface area contributed by atoms with E-state index in [-0.39, 0.29) is 18.4 Å². The summed E-state index contributed by atoms with van der Waals surface area (Å²) in [6.07, 6.45) is 2.61. The van der Waals surface area contributed by atoms with Crippen molar-refractivity contribution in [3.63, 3.8) is 0 Å². The van der Waals surface area contributed by atoms with E-state index in [0.717, 1.165) is 16.3 Å². The molecule has 0 aliphatic heterocycles. The van der Waals surface area contributed by atoms with Gasteiger partial charge >= 0.3 is 0 Å². The lowest BCUT2D eigenvalue weighted by Crippen LogP contribution is -2.31. The number of thiazole rings is 1. The fourth-order valence-electron chi connectivity index (χ4n) is 3.44. The van der Waals surface area contributed by atoms with E-state index in [2.05, 4.69) is 22.4 Å². The average Bonchev–Trinajstić information content (AvgIpc) is 3.50. The van der Waals surface area contributed by atoms with E-state index >= 15 is 0 Å². The van der Waals surface area contributed by atoms with Gasteiger partial charge in [0.15, 0.2) is 11.5 Å². The molecule has 1 saturated carbocycles. The van der Waals surface area contributed by atoms with E-state index in [1.807, 2.05) is 41.8 Å². The SMILES string of the molecule is COc1ccc(-c2nc(CC(=O)NC(c3ccccc3)C3CC3)cs2)cc1OC. The Kier molecular flexibility index (Phi) is 5.81. The first-order chi connectivity index (χ1) is 14.2. The molecule has 1 aliphatic carbocycles. The largest absolute Gasteiger partial charge is 0.493 e. The molecule has 1 aromatic heterocycles. The summed E-state index contributed by atoms with van der Waals surface area (Å²) >= 11 is 1.52. The van der Waals surface area contributed by atoms with Gasteiger partial charge in [-0.25, -0.2) is 4.98 Å². The third-order valence-corrected chi connectivity index (χ3v) is 6.03. The zero-order valence-corrected chi connectivity index (χ0v) is 17.4. The van der Waals surface area contributed by atoms with E-state index in [9.17, 15) is 4.79 Å². The third kappa shape index (κ3) is 4.59. The molecule has 2 aromatic carbocycles. The van der Waals surface area contributed by atoms with Crippen LogP contribution in [0.5, 0.6) is 11.5 Å². The number of rotatable bonds is 8. The molecular weight excluding hydrogens is 384 g/mol. The van der Waals surface area contributed by atoms with E-state index in [4.69, 9.17) is 9.47 Å². The van der Waals surface area contributed by atoms with Crippen molar-refractivity contribution in [2.75, 3.05) is 14.2 Å². The highest BCUT2D eigenvalue weighted by atomic mass is 32.1. The first kappa shape index (κ1) is 19.5. The van der Waals surface area contributed by atoms with Crippen LogP contribution in [0.3, 0.4) is 0 Å². The van der Waals surface area contributed by atoms with Gasteiger partial charge in [-0.2, -0.15) is 0 Å². The molecule has 1 fully saturated rings. The fraction of sp³-hybridized carbons (Fsp3) is 0.304. The summed E-state index contributed by atoms with van der Waals surface area (Å²) in [4.78, 5) is 17.3. The zero-order valence-electron chi connectivity index (χ0n) is 16.6. The number of hydrogen-bond acceptors (Lipinski definition) is 5. The van der Waals surface area contributed by atoms with Crippen LogP contribution in [0.4, 0.5) is 0 Å². The molecule has 3 aromatic rings. The zero-order chi connectivity index (χ0) is 20.2. The fourth-order valence-corrected chi connectivity index (χ4v) is 4.26. The van der Waals surface area contributed by atoms with Crippen molar-refractivity contribution in [2.24, 2.45) is 5.92 Å². The normalized spacial score (nSPS) is 14.3. The van der Waals surface area contributed by atoms with Gasteiger partial charge in [-0.05, 0) is 42.5 Å². The van der Waals surface area contributed by atoms with Crippen LogP contribution in [0.25, 0.3) is 10.6 Å². The van der Waals surface area contributed by atoms with Gasteiger partial charge in [-0.15, -0.1) is 11.3 Å². The lowest BCUT2D eigenvalue weighted by molar-refractivity contribution is -0.121. The van der Waals surface area contributed by atoms with Crippen molar-refractivity contribution in [3.8, 4) is 22.1 Å². The summed E-state index contributed by atoms with van der Waals surface area (Å²) < 4.78 is 10.7. The summed E-state index contributed by atoms with van der Waals surface area (Å²) in [7, 11) is 3.23. The summed E-state index contributed by atoms with van der Waals surface area (Å²) in [6, 6.07) is 16.0. The van der Waals surface area contributed by atoms with E-state index in [1.54, 1.807) is 14.2 Å². The molecule has 1 N–H and O–H groups in total. The second kappa shape index (κ2) is 8.66. The van der Waals surface area contributed by atoms with Crippen molar-refractivity contribution < 1.29 is 14.3 Å². The molecule has 1 unspecified atom stereocenters. The predicted molar refractivity (Wildman–Crippen MR) is 114 cm³/mol. The summed E-state index contributed by atoms with van der Waals surface area (Å²) in [5.74, 6) is 1.89. The molecule has 1 heterocycles. The lowest BCUT2D eigenvalue weighted by Gasteiger charge is -2.18. The van der Waals surface area contributed by atoms with Crippen LogP contribution < -0.4 is 14.8 Å². The van der Waals surface area contributed by atoms with Crippen LogP contribution in [-0.4, -0.2) is 25.1 Å². The summed E-state index contributed by atoms with van der Waals surface area (Å²) in [5, 5.41) is 6.02. The smallest absolute Gasteiger partial charge is 0.226 e.